The minimum absolute atomic E-state index is 0.106. The quantitative estimate of drug-likeness (QED) is 0.626. The number of para-hydroxylation sites is 2. The van der Waals surface area contributed by atoms with Crippen LogP contribution in [0.3, 0.4) is 0 Å². The number of hydrogen-bond donors (Lipinski definition) is 0. The van der Waals surface area contributed by atoms with Gasteiger partial charge in [-0.1, -0.05) is 19.1 Å². The molecule has 0 bridgehead atoms. The summed E-state index contributed by atoms with van der Waals surface area (Å²) in [6.45, 7) is 4.80. The summed E-state index contributed by atoms with van der Waals surface area (Å²) in [4.78, 5) is 14.6. The molecule has 2 saturated heterocycles. The Morgan fingerprint density at radius 1 is 1.03 bits per heavy atom. The summed E-state index contributed by atoms with van der Waals surface area (Å²) in [5.74, 6) is -0.641. The van der Waals surface area contributed by atoms with Gasteiger partial charge in [-0.25, -0.2) is 21.1 Å². The van der Waals surface area contributed by atoms with Crippen LogP contribution >= 0.6 is 0 Å². The minimum atomic E-state index is -3.78. The number of anilines is 2. The average molecular weight is 494 g/mol. The Bertz CT molecular complexity index is 1280. The van der Waals surface area contributed by atoms with Crippen molar-refractivity contribution in [3.8, 4) is 5.75 Å². The molecule has 2 heterocycles. The number of piperazine rings is 1. The fourth-order valence-electron chi connectivity index (χ4n) is 4.34. The van der Waals surface area contributed by atoms with E-state index in [1.807, 2.05) is 24.3 Å². The van der Waals surface area contributed by atoms with Crippen molar-refractivity contribution in [1.82, 2.24) is 4.31 Å². The van der Waals surface area contributed by atoms with E-state index in [4.69, 9.17) is 4.74 Å². The maximum absolute atomic E-state index is 13.3. The number of methoxy groups -OCH3 is 1. The first-order chi connectivity index (χ1) is 15.6. The summed E-state index contributed by atoms with van der Waals surface area (Å²) in [7, 11) is -5.93. The van der Waals surface area contributed by atoms with Crippen LogP contribution in [0, 0.1) is 12.8 Å². The molecule has 178 valence electrons. The van der Waals surface area contributed by atoms with Crippen LogP contribution in [0.2, 0.25) is 0 Å². The van der Waals surface area contributed by atoms with Crippen LogP contribution in [0.15, 0.2) is 47.4 Å². The van der Waals surface area contributed by atoms with Crippen LogP contribution in [0.4, 0.5) is 11.4 Å². The SMILES string of the molecule is COc1ccccc1N1CCN(S(=O)(=O)c2ccc(N3C(=O)[C@H](C)CS3(=O)=O)cc2C)CC1. The molecule has 2 aliphatic heterocycles. The third kappa shape index (κ3) is 4.20. The van der Waals surface area contributed by atoms with Crippen molar-refractivity contribution in [1.29, 1.82) is 0 Å². The van der Waals surface area contributed by atoms with Gasteiger partial charge < -0.3 is 9.64 Å². The normalized spacial score (nSPS) is 21.4. The molecule has 0 radical (unpaired) electrons. The van der Waals surface area contributed by atoms with Gasteiger partial charge >= 0.3 is 0 Å². The number of nitrogens with zero attached hydrogens (tertiary/aromatic N) is 3. The van der Waals surface area contributed by atoms with E-state index in [0.29, 0.717) is 31.7 Å². The van der Waals surface area contributed by atoms with Crippen LogP contribution in [0.25, 0.3) is 0 Å². The lowest BCUT2D eigenvalue weighted by Crippen LogP contribution is -2.48. The van der Waals surface area contributed by atoms with Crippen molar-refractivity contribution in [3.63, 3.8) is 0 Å². The van der Waals surface area contributed by atoms with E-state index in [1.54, 1.807) is 21.0 Å². The lowest BCUT2D eigenvalue weighted by molar-refractivity contribution is -0.119. The Hall–Kier alpha value is -2.63. The highest BCUT2D eigenvalue weighted by Gasteiger charge is 2.42. The topological polar surface area (TPSA) is 104 Å². The molecule has 0 unspecified atom stereocenters. The highest BCUT2D eigenvalue weighted by atomic mass is 32.2. The highest BCUT2D eigenvalue weighted by molar-refractivity contribution is 7.94. The Balaban J connectivity index is 1.54. The van der Waals surface area contributed by atoms with Crippen molar-refractivity contribution in [2.45, 2.75) is 18.7 Å². The first-order valence-corrected chi connectivity index (χ1v) is 13.7. The molecule has 1 atom stereocenters. The number of hydrogen-bond acceptors (Lipinski definition) is 7. The molecule has 2 fully saturated rings. The van der Waals surface area contributed by atoms with Crippen LogP contribution in [-0.2, 0) is 24.8 Å². The third-order valence-corrected chi connectivity index (χ3v) is 9.96. The number of amides is 1. The second-order valence-corrected chi connectivity index (χ2v) is 12.1. The summed E-state index contributed by atoms with van der Waals surface area (Å²) in [5.41, 5.74) is 1.48. The number of rotatable bonds is 5. The van der Waals surface area contributed by atoms with Crippen LogP contribution < -0.4 is 13.9 Å². The number of sulfonamides is 2. The van der Waals surface area contributed by atoms with E-state index in [2.05, 4.69) is 4.90 Å². The van der Waals surface area contributed by atoms with Gasteiger partial charge in [-0.2, -0.15) is 4.31 Å². The van der Waals surface area contributed by atoms with Crippen molar-refractivity contribution >= 4 is 37.3 Å². The molecule has 0 N–H and O–H groups in total. The van der Waals surface area contributed by atoms with Gasteiger partial charge in [-0.15, -0.1) is 0 Å². The van der Waals surface area contributed by atoms with Crippen molar-refractivity contribution in [2.75, 3.05) is 48.2 Å². The fourth-order valence-corrected chi connectivity index (χ4v) is 7.78. The van der Waals surface area contributed by atoms with Gasteiger partial charge in [0.05, 0.1) is 35.1 Å². The Kier molecular flexibility index (Phi) is 6.14. The predicted octanol–water partition coefficient (Wildman–Crippen LogP) is 1.83. The van der Waals surface area contributed by atoms with E-state index in [0.717, 1.165) is 15.7 Å². The second kappa shape index (κ2) is 8.62. The average Bonchev–Trinajstić information content (AvgIpc) is 2.99. The Morgan fingerprint density at radius 3 is 2.27 bits per heavy atom. The Labute approximate surface area is 194 Å². The zero-order valence-corrected chi connectivity index (χ0v) is 20.4. The van der Waals surface area contributed by atoms with Crippen molar-refractivity contribution in [3.05, 3.63) is 48.0 Å². The Morgan fingerprint density at radius 2 is 1.70 bits per heavy atom. The fraction of sp³-hybridized carbons (Fsp3) is 0.409. The van der Waals surface area contributed by atoms with E-state index in [9.17, 15) is 21.6 Å². The molecule has 0 aromatic heterocycles. The van der Waals surface area contributed by atoms with E-state index in [1.165, 1.54) is 22.5 Å². The largest absolute Gasteiger partial charge is 0.495 e. The first-order valence-electron chi connectivity index (χ1n) is 10.6. The highest BCUT2D eigenvalue weighted by Crippen LogP contribution is 2.33. The maximum Gasteiger partial charge on any atom is 0.244 e. The van der Waals surface area contributed by atoms with Gasteiger partial charge in [-0.05, 0) is 42.8 Å². The van der Waals surface area contributed by atoms with E-state index < -0.39 is 31.9 Å². The van der Waals surface area contributed by atoms with Gasteiger partial charge in [0.1, 0.15) is 5.75 Å². The molecule has 9 nitrogen and oxygen atoms in total. The standard InChI is InChI=1S/C22H27N3O6S2/c1-16-14-18(25-22(26)17(2)15-32(25,27)28)8-9-21(16)33(29,30)24-12-10-23(11-13-24)19-6-4-5-7-20(19)31-3/h4-9,14,17H,10-13,15H2,1-3H3/t17-/m1/s1. The molecule has 2 aromatic rings. The first kappa shape index (κ1) is 23.5. The van der Waals surface area contributed by atoms with Crippen molar-refractivity contribution < 1.29 is 26.4 Å². The molecule has 0 aliphatic carbocycles. The van der Waals surface area contributed by atoms with Crippen LogP contribution in [-0.4, -0.2) is 66.1 Å². The molecule has 2 aliphatic rings. The zero-order chi connectivity index (χ0) is 24.0. The molecular formula is C22H27N3O6S2. The number of ether oxygens (including phenoxy) is 1. The van der Waals surface area contributed by atoms with Gasteiger partial charge in [0.15, 0.2) is 0 Å². The van der Waals surface area contributed by atoms with Gasteiger partial charge in [0.25, 0.3) is 0 Å². The number of benzene rings is 2. The predicted molar refractivity (Wildman–Crippen MR) is 126 cm³/mol. The summed E-state index contributed by atoms with van der Waals surface area (Å²) in [6, 6.07) is 11.8. The molecule has 0 saturated carbocycles. The zero-order valence-electron chi connectivity index (χ0n) is 18.8. The number of aryl methyl sites for hydroxylation is 1. The lowest BCUT2D eigenvalue weighted by atomic mass is 10.2. The molecule has 4 rings (SSSR count). The maximum atomic E-state index is 13.3. The minimum Gasteiger partial charge on any atom is -0.495 e. The summed E-state index contributed by atoms with van der Waals surface area (Å²) in [5, 5.41) is 0. The second-order valence-electron chi connectivity index (χ2n) is 8.30. The van der Waals surface area contributed by atoms with Crippen LogP contribution in [0.1, 0.15) is 12.5 Å². The molecular weight excluding hydrogens is 466 g/mol. The van der Waals surface area contributed by atoms with E-state index in [-0.39, 0.29) is 16.3 Å². The molecule has 2 aromatic carbocycles. The summed E-state index contributed by atoms with van der Waals surface area (Å²) in [6.07, 6.45) is 0. The van der Waals surface area contributed by atoms with Gasteiger partial charge in [-0.3, -0.25) is 4.79 Å². The van der Waals surface area contributed by atoms with Gasteiger partial charge in [0, 0.05) is 26.2 Å². The molecule has 0 spiro atoms. The number of carbonyl (C=O) groups excluding carboxylic acids is 1. The monoisotopic (exact) mass is 493 g/mol. The number of carbonyl (C=O) groups is 1. The van der Waals surface area contributed by atoms with Crippen molar-refractivity contribution in [2.24, 2.45) is 5.92 Å². The van der Waals surface area contributed by atoms with Gasteiger partial charge in [0.2, 0.25) is 26.0 Å². The smallest absolute Gasteiger partial charge is 0.244 e. The molecule has 1 amide bonds. The molecule has 11 heteroatoms. The van der Waals surface area contributed by atoms with Crippen LogP contribution in [0.5, 0.6) is 5.75 Å². The lowest BCUT2D eigenvalue weighted by Gasteiger charge is -2.36. The molecule has 33 heavy (non-hydrogen) atoms. The third-order valence-electron chi connectivity index (χ3n) is 6.04. The summed E-state index contributed by atoms with van der Waals surface area (Å²) >= 11 is 0. The van der Waals surface area contributed by atoms with E-state index >= 15 is 0 Å². The summed E-state index contributed by atoms with van der Waals surface area (Å²) < 4.78 is 59.1.